The molecule has 0 bridgehead atoms. The maximum absolute atomic E-state index is 12.4. The molecule has 1 heterocycles. The molecule has 0 aliphatic carbocycles. The number of para-hydroxylation sites is 2. The molecule has 0 saturated heterocycles. The van der Waals surface area contributed by atoms with Crippen LogP contribution in [0.5, 0.6) is 5.75 Å². The van der Waals surface area contributed by atoms with Crippen LogP contribution in [0, 0.1) is 0 Å². The molecule has 130 valence electrons. The Labute approximate surface area is 150 Å². The van der Waals surface area contributed by atoms with Gasteiger partial charge in [0.25, 0.3) is 0 Å². The van der Waals surface area contributed by atoms with Gasteiger partial charge in [-0.25, -0.2) is 4.98 Å². The van der Waals surface area contributed by atoms with Crippen LogP contribution < -0.4 is 10.1 Å². The number of aromatic nitrogens is 2. The molecular weight excluding hydrogens is 342 g/mol. The number of amides is 1. The molecule has 0 saturated carbocycles. The van der Waals surface area contributed by atoms with Crippen molar-refractivity contribution in [2.45, 2.75) is 19.6 Å². The van der Waals surface area contributed by atoms with Gasteiger partial charge in [0.1, 0.15) is 24.2 Å². The van der Waals surface area contributed by atoms with E-state index in [-0.39, 0.29) is 12.5 Å². The zero-order valence-electron chi connectivity index (χ0n) is 13.9. The molecule has 1 unspecified atom stereocenters. The summed E-state index contributed by atoms with van der Waals surface area (Å²) in [5, 5.41) is 13.2. The summed E-state index contributed by atoms with van der Waals surface area (Å²) in [7, 11) is 1.53. The fraction of sp³-hybridized carbons (Fsp3) is 0.222. The summed E-state index contributed by atoms with van der Waals surface area (Å²) in [4.78, 5) is 16.9. The summed E-state index contributed by atoms with van der Waals surface area (Å²) in [5.41, 5.74) is 2.10. The van der Waals surface area contributed by atoms with Crippen molar-refractivity contribution >= 4 is 34.2 Å². The van der Waals surface area contributed by atoms with Gasteiger partial charge in [-0.1, -0.05) is 23.7 Å². The van der Waals surface area contributed by atoms with E-state index in [0.717, 1.165) is 11.0 Å². The predicted molar refractivity (Wildman–Crippen MR) is 97.0 cm³/mol. The lowest BCUT2D eigenvalue weighted by atomic mass is 10.3. The molecule has 25 heavy (non-hydrogen) atoms. The molecular formula is C18H18ClN3O3. The Hall–Kier alpha value is -2.57. The van der Waals surface area contributed by atoms with Crippen molar-refractivity contribution in [3.05, 3.63) is 53.3 Å². The van der Waals surface area contributed by atoms with E-state index in [4.69, 9.17) is 16.3 Å². The van der Waals surface area contributed by atoms with E-state index in [1.807, 2.05) is 24.3 Å². The molecule has 2 aromatic carbocycles. The Morgan fingerprint density at radius 2 is 2.12 bits per heavy atom. The van der Waals surface area contributed by atoms with Gasteiger partial charge in [0.05, 0.1) is 23.2 Å². The van der Waals surface area contributed by atoms with E-state index in [1.165, 1.54) is 7.11 Å². The zero-order chi connectivity index (χ0) is 18.0. The molecule has 3 aromatic rings. The molecule has 1 atom stereocenters. The first-order valence-corrected chi connectivity index (χ1v) is 8.14. The van der Waals surface area contributed by atoms with Crippen LogP contribution in [0.1, 0.15) is 18.9 Å². The Morgan fingerprint density at radius 1 is 1.36 bits per heavy atom. The minimum absolute atomic E-state index is 0.0321. The summed E-state index contributed by atoms with van der Waals surface area (Å²) in [6.07, 6.45) is -0.782. The van der Waals surface area contributed by atoms with Gasteiger partial charge in [0, 0.05) is 5.69 Å². The van der Waals surface area contributed by atoms with Gasteiger partial charge in [0.2, 0.25) is 5.91 Å². The quantitative estimate of drug-likeness (QED) is 0.732. The molecule has 1 aromatic heterocycles. The zero-order valence-corrected chi connectivity index (χ0v) is 14.6. The Kier molecular flexibility index (Phi) is 4.92. The number of fused-ring (bicyclic) bond motifs is 1. The number of ether oxygens (including phenoxy) is 1. The van der Waals surface area contributed by atoms with Crippen LogP contribution >= 0.6 is 11.6 Å². The summed E-state index contributed by atoms with van der Waals surface area (Å²) in [5.74, 6) is 0.743. The second-order valence-electron chi connectivity index (χ2n) is 5.62. The van der Waals surface area contributed by atoms with E-state index in [9.17, 15) is 9.90 Å². The maximum Gasteiger partial charge on any atom is 0.244 e. The maximum atomic E-state index is 12.4. The molecule has 2 N–H and O–H groups in total. The lowest BCUT2D eigenvalue weighted by molar-refractivity contribution is -0.116. The molecule has 6 nitrogen and oxygen atoms in total. The van der Waals surface area contributed by atoms with Crippen LogP contribution in [-0.2, 0) is 11.3 Å². The summed E-state index contributed by atoms with van der Waals surface area (Å²) >= 11 is 6.08. The van der Waals surface area contributed by atoms with Gasteiger partial charge in [-0.05, 0) is 37.3 Å². The molecule has 0 spiro atoms. The average Bonchev–Trinajstić information content (AvgIpc) is 2.94. The van der Waals surface area contributed by atoms with Crippen molar-refractivity contribution < 1.29 is 14.6 Å². The first-order valence-electron chi connectivity index (χ1n) is 7.76. The first-order chi connectivity index (χ1) is 12.0. The largest absolute Gasteiger partial charge is 0.495 e. The van der Waals surface area contributed by atoms with E-state index in [0.29, 0.717) is 22.3 Å². The minimum atomic E-state index is -0.782. The van der Waals surface area contributed by atoms with Crippen molar-refractivity contribution in [2.75, 3.05) is 12.4 Å². The second kappa shape index (κ2) is 7.13. The number of methoxy groups -OCH3 is 1. The van der Waals surface area contributed by atoms with E-state index in [2.05, 4.69) is 10.3 Å². The van der Waals surface area contributed by atoms with Crippen molar-refractivity contribution in [1.82, 2.24) is 9.55 Å². The number of benzene rings is 2. The standard InChI is InChI=1S/C18H18ClN3O3/c1-11(23)18-21-14-5-3-4-6-15(14)22(18)10-17(24)20-12-7-8-16(25-2)13(19)9-12/h3-9,11,23H,10H2,1-2H3,(H,20,24). The van der Waals surface area contributed by atoms with E-state index >= 15 is 0 Å². The summed E-state index contributed by atoms with van der Waals surface area (Å²) < 4.78 is 6.80. The number of carbonyl (C=O) groups is 1. The van der Waals surface area contributed by atoms with Crippen molar-refractivity contribution in [2.24, 2.45) is 0 Å². The van der Waals surface area contributed by atoms with Gasteiger partial charge in [-0.2, -0.15) is 0 Å². The van der Waals surface area contributed by atoms with Gasteiger partial charge >= 0.3 is 0 Å². The normalized spacial score (nSPS) is 12.2. The number of rotatable bonds is 5. The third-order valence-electron chi connectivity index (χ3n) is 3.80. The average molecular weight is 360 g/mol. The highest BCUT2D eigenvalue weighted by atomic mass is 35.5. The van der Waals surface area contributed by atoms with Gasteiger partial charge < -0.3 is 19.7 Å². The van der Waals surface area contributed by atoms with Gasteiger partial charge in [-0.15, -0.1) is 0 Å². The van der Waals surface area contributed by atoms with Crippen molar-refractivity contribution in [1.29, 1.82) is 0 Å². The van der Waals surface area contributed by atoms with Crippen LogP contribution in [0.3, 0.4) is 0 Å². The highest BCUT2D eigenvalue weighted by molar-refractivity contribution is 6.32. The van der Waals surface area contributed by atoms with E-state index < -0.39 is 6.10 Å². The number of imidazole rings is 1. The highest BCUT2D eigenvalue weighted by Crippen LogP contribution is 2.27. The number of nitrogens with zero attached hydrogens (tertiary/aromatic N) is 2. The Balaban J connectivity index is 1.84. The van der Waals surface area contributed by atoms with Crippen LogP contribution in [0.2, 0.25) is 5.02 Å². The number of halogens is 1. The van der Waals surface area contributed by atoms with Crippen LogP contribution in [-0.4, -0.2) is 27.7 Å². The molecule has 0 aliphatic heterocycles. The number of hydrogen-bond acceptors (Lipinski definition) is 4. The predicted octanol–water partition coefficient (Wildman–Crippen LogP) is 3.39. The number of aliphatic hydroxyl groups excluding tert-OH is 1. The third-order valence-corrected chi connectivity index (χ3v) is 4.09. The SMILES string of the molecule is COc1ccc(NC(=O)Cn2c(C(C)O)nc3ccccc32)cc1Cl. The lowest BCUT2D eigenvalue weighted by Crippen LogP contribution is -2.20. The van der Waals surface area contributed by atoms with Gasteiger partial charge in [0.15, 0.2) is 0 Å². The van der Waals surface area contributed by atoms with Crippen molar-refractivity contribution in [3.8, 4) is 5.75 Å². The fourth-order valence-electron chi connectivity index (χ4n) is 2.67. The third kappa shape index (κ3) is 3.60. The molecule has 1 amide bonds. The second-order valence-corrected chi connectivity index (χ2v) is 6.03. The number of aliphatic hydroxyl groups is 1. The molecule has 7 heteroatoms. The highest BCUT2D eigenvalue weighted by Gasteiger charge is 2.17. The molecule has 0 radical (unpaired) electrons. The smallest absolute Gasteiger partial charge is 0.244 e. The number of carbonyl (C=O) groups excluding carboxylic acids is 1. The van der Waals surface area contributed by atoms with Crippen LogP contribution in [0.15, 0.2) is 42.5 Å². The van der Waals surface area contributed by atoms with E-state index in [1.54, 1.807) is 29.7 Å². The van der Waals surface area contributed by atoms with Crippen LogP contribution in [0.25, 0.3) is 11.0 Å². The topological polar surface area (TPSA) is 76.4 Å². The lowest BCUT2D eigenvalue weighted by Gasteiger charge is -2.12. The molecule has 0 aliphatic rings. The Morgan fingerprint density at radius 3 is 2.80 bits per heavy atom. The van der Waals surface area contributed by atoms with Crippen molar-refractivity contribution in [3.63, 3.8) is 0 Å². The first kappa shape index (κ1) is 17.3. The minimum Gasteiger partial charge on any atom is -0.495 e. The monoisotopic (exact) mass is 359 g/mol. The van der Waals surface area contributed by atoms with Gasteiger partial charge in [-0.3, -0.25) is 4.79 Å². The Bertz CT molecular complexity index is 921. The number of hydrogen-bond donors (Lipinski definition) is 2. The summed E-state index contributed by atoms with van der Waals surface area (Å²) in [6, 6.07) is 12.5. The molecule has 0 fully saturated rings. The molecule has 3 rings (SSSR count). The fourth-order valence-corrected chi connectivity index (χ4v) is 2.93. The van der Waals surface area contributed by atoms with Crippen LogP contribution in [0.4, 0.5) is 5.69 Å². The number of nitrogens with one attached hydrogen (secondary N) is 1. The number of anilines is 1. The summed E-state index contributed by atoms with van der Waals surface area (Å²) in [6.45, 7) is 1.66.